The van der Waals surface area contributed by atoms with Gasteiger partial charge in [-0.3, -0.25) is 4.57 Å². The number of alkyl halides is 2. The van der Waals surface area contributed by atoms with Gasteiger partial charge in [0.15, 0.2) is 5.96 Å². The number of aliphatic imine (C=N–C) groups is 1. The summed E-state index contributed by atoms with van der Waals surface area (Å²) >= 11 is 0. The second kappa shape index (κ2) is 7.81. The number of guanidine groups is 1. The third-order valence-electron chi connectivity index (χ3n) is 3.05. The van der Waals surface area contributed by atoms with Crippen LogP contribution in [0.1, 0.15) is 40.1 Å². The fourth-order valence-corrected chi connectivity index (χ4v) is 1.50. The van der Waals surface area contributed by atoms with Crippen molar-refractivity contribution < 1.29 is 8.78 Å². The van der Waals surface area contributed by atoms with Gasteiger partial charge in [0.2, 0.25) is 0 Å². The lowest BCUT2D eigenvalue weighted by Gasteiger charge is -2.20. The van der Waals surface area contributed by atoms with E-state index >= 15 is 0 Å². The van der Waals surface area contributed by atoms with Crippen LogP contribution in [0.2, 0.25) is 0 Å². The number of rotatable bonds is 6. The van der Waals surface area contributed by atoms with Crippen molar-refractivity contribution >= 4 is 5.96 Å². The Morgan fingerprint density at radius 2 is 2.10 bits per heavy atom. The third kappa shape index (κ3) is 4.79. The molecule has 114 valence electrons. The molecule has 0 saturated heterocycles. The summed E-state index contributed by atoms with van der Waals surface area (Å²) in [5, 5.41) is 6.34. The smallest absolute Gasteiger partial charge is 0.319 e. The molecule has 1 heterocycles. The topological polar surface area (TPSA) is 54.2 Å². The van der Waals surface area contributed by atoms with Crippen LogP contribution in [-0.4, -0.2) is 28.1 Å². The Morgan fingerprint density at radius 3 is 2.65 bits per heavy atom. The van der Waals surface area contributed by atoms with Crippen LogP contribution in [0.25, 0.3) is 0 Å². The molecule has 1 aromatic heterocycles. The van der Waals surface area contributed by atoms with E-state index in [1.54, 1.807) is 0 Å². The molecule has 0 aliphatic carbocycles. The van der Waals surface area contributed by atoms with Gasteiger partial charge in [0.25, 0.3) is 0 Å². The van der Waals surface area contributed by atoms with E-state index in [4.69, 9.17) is 0 Å². The minimum Gasteiger partial charge on any atom is -0.357 e. The minimum absolute atomic E-state index is 0.109. The van der Waals surface area contributed by atoms with Crippen LogP contribution in [0.3, 0.4) is 0 Å². The summed E-state index contributed by atoms with van der Waals surface area (Å²) in [6.45, 7) is 6.44. The quantitative estimate of drug-likeness (QED) is 0.624. The Morgan fingerprint density at radius 1 is 1.40 bits per heavy atom. The first kappa shape index (κ1) is 16.4. The van der Waals surface area contributed by atoms with Gasteiger partial charge in [-0.1, -0.05) is 13.8 Å². The standard InChI is InChI=1S/C13H23F2N5/c1-5-16-13(19-10(4)9(2)3)18-8-11-17-6-7-20(11)12(14)15/h6-7,9-10,12H,5,8H2,1-4H3,(H2,16,18,19). The molecule has 0 spiro atoms. The van der Waals surface area contributed by atoms with E-state index in [0.717, 1.165) is 4.57 Å². The van der Waals surface area contributed by atoms with Gasteiger partial charge in [0.05, 0.1) is 0 Å². The fraction of sp³-hybridized carbons (Fsp3) is 0.692. The van der Waals surface area contributed by atoms with Crippen LogP contribution in [0, 0.1) is 5.92 Å². The monoisotopic (exact) mass is 287 g/mol. The van der Waals surface area contributed by atoms with Gasteiger partial charge in [0, 0.05) is 25.0 Å². The van der Waals surface area contributed by atoms with Gasteiger partial charge in [0.1, 0.15) is 12.4 Å². The number of imidazole rings is 1. The van der Waals surface area contributed by atoms with Gasteiger partial charge >= 0.3 is 6.55 Å². The molecule has 0 aliphatic rings. The Bertz CT molecular complexity index is 428. The van der Waals surface area contributed by atoms with Gasteiger partial charge in [-0.2, -0.15) is 8.78 Å². The van der Waals surface area contributed by atoms with E-state index in [1.165, 1.54) is 12.4 Å². The van der Waals surface area contributed by atoms with Gasteiger partial charge in [-0.15, -0.1) is 0 Å². The zero-order chi connectivity index (χ0) is 15.1. The largest absolute Gasteiger partial charge is 0.357 e. The Balaban J connectivity index is 2.73. The Kier molecular flexibility index (Phi) is 6.41. The molecule has 0 saturated carbocycles. The first-order valence-corrected chi connectivity index (χ1v) is 6.80. The maximum atomic E-state index is 12.7. The van der Waals surface area contributed by atoms with E-state index in [2.05, 4.69) is 41.4 Å². The second-order valence-electron chi connectivity index (χ2n) is 4.90. The van der Waals surface area contributed by atoms with Crippen molar-refractivity contribution in [3.05, 3.63) is 18.2 Å². The van der Waals surface area contributed by atoms with E-state index in [-0.39, 0.29) is 18.4 Å². The molecular weight excluding hydrogens is 264 g/mol. The molecule has 7 heteroatoms. The highest BCUT2D eigenvalue weighted by atomic mass is 19.3. The van der Waals surface area contributed by atoms with Crippen LogP contribution in [-0.2, 0) is 6.54 Å². The molecule has 1 atom stereocenters. The maximum absolute atomic E-state index is 12.7. The molecule has 0 bridgehead atoms. The first-order chi connectivity index (χ1) is 9.45. The highest BCUT2D eigenvalue weighted by Crippen LogP contribution is 2.12. The third-order valence-corrected chi connectivity index (χ3v) is 3.05. The summed E-state index contributed by atoms with van der Waals surface area (Å²) in [5.41, 5.74) is 0. The molecule has 0 aliphatic heterocycles. The SMILES string of the molecule is CCNC(=NCc1nccn1C(F)F)NC(C)C(C)C. The number of aromatic nitrogens is 2. The molecule has 0 radical (unpaired) electrons. The van der Waals surface area contributed by atoms with Crippen molar-refractivity contribution in [3.63, 3.8) is 0 Å². The lowest BCUT2D eigenvalue weighted by atomic mass is 10.1. The van der Waals surface area contributed by atoms with Crippen molar-refractivity contribution in [2.45, 2.75) is 46.8 Å². The Hall–Kier alpha value is -1.66. The zero-order valence-corrected chi connectivity index (χ0v) is 12.4. The average Bonchev–Trinajstić information content (AvgIpc) is 2.84. The molecular formula is C13H23F2N5. The predicted octanol–water partition coefficient (Wildman–Crippen LogP) is 2.38. The summed E-state index contributed by atoms with van der Waals surface area (Å²) in [5.74, 6) is 1.30. The number of nitrogens with zero attached hydrogens (tertiary/aromatic N) is 3. The molecule has 0 aromatic carbocycles. The van der Waals surface area contributed by atoms with E-state index in [9.17, 15) is 8.78 Å². The summed E-state index contributed by atoms with van der Waals surface area (Å²) in [4.78, 5) is 8.20. The number of hydrogen-bond donors (Lipinski definition) is 2. The van der Waals surface area contributed by atoms with Crippen LogP contribution in [0.5, 0.6) is 0 Å². The lowest BCUT2D eigenvalue weighted by Crippen LogP contribution is -2.44. The van der Waals surface area contributed by atoms with Crippen LogP contribution in [0.4, 0.5) is 8.78 Å². The highest BCUT2D eigenvalue weighted by Gasteiger charge is 2.12. The first-order valence-electron chi connectivity index (χ1n) is 6.80. The van der Waals surface area contributed by atoms with E-state index in [0.29, 0.717) is 18.4 Å². The minimum atomic E-state index is -2.59. The Labute approximate surface area is 118 Å². The van der Waals surface area contributed by atoms with Crippen molar-refractivity contribution in [1.82, 2.24) is 20.2 Å². The van der Waals surface area contributed by atoms with Crippen LogP contribution >= 0.6 is 0 Å². The predicted molar refractivity (Wildman–Crippen MR) is 75.7 cm³/mol. The summed E-state index contributed by atoms with van der Waals surface area (Å²) in [7, 11) is 0. The highest BCUT2D eigenvalue weighted by molar-refractivity contribution is 5.80. The normalized spacial score (nSPS) is 13.9. The summed E-state index contributed by atoms with van der Waals surface area (Å²) in [6, 6.07) is 0.239. The molecule has 1 unspecified atom stereocenters. The van der Waals surface area contributed by atoms with E-state index < -0.39 is 6.55 Å². The van der Waals surface area contributed by atoms with Crippen molar-refractivity contribution in [2.24, 2.45) is 10.9 Å². The summed E-state index contributed by atoms with van der Waals surface area (Å²) in [6.07, 6.45) is 2.61. The van der Waals surface area contributed by atoms with Crippen LogP contribution < -0.4 is 10.6 Å². The van der Waals surface area contributed by atoms with Crippen molar-refractivity contribution in [1.29, 1.82) is 0 Å². The lowest BCUT2D eigenvalue weighted by molar-refractivity contribution is 0.0671. The van der Waals surface area contributed by atoms with Gasteiger partial charge in [-0.05, 0) is 19.8 Å². The second-order valence-corrected chi connectivity index (χ2v) is 4.90. The van der Waals surface area contributed by atoms with Gasteiger partial charge < -0.3 is 10.6 Å². The molecule has 1 rings (SSSR count). The average molecular weight is 287 g/mol. The number of hydrogen-bond acceptors (Lipinski definition) is 2. The maximum Gasteiger partial charge on any atom is 0.319 e. The van der Waals surface area contributed by atoms with Crippen LogP contribution in [0.15, 0.2) is 17.4 Å². The van der Waals surface area contributed by atoms with Crippen molar-refractivity contribution in [2.75, 3.05) is 6.54 Å². The number of nitrogens with one attached hydrogen (secondary N) is 2. The molecule has 0 amide bonds. The molecule has 5 nitrogen and oxygen atoms in total. The van der Waals surface area contributed by atoms with Crippen molar-refractivity contribution in [3.8, 4) is 0 Å². The molecule has 1 aromatic rings. The van der Waals surface area contributed by atoms with E-state index in [1.807, 2.05) is 6.92 Å². The molecule has 20 heavy (non-hydrogen) atoms. The zero-order valence-electron chi connectivity index (χ0n) is 12.4. The van der Waals surface area contributed by atoms with Gasteiger partial charge in [-0.25, -0.2) is 9.98 Å². The number of halogens is 2. The molecule has 0 fully saturated rings. The summed E-state index contributed by atoms with van der Waals surface area (Å²) < 4.78 is 26.2. The fourth-order valence-electron chi connectivity index (χ4n) is 1.50. The molecule has 2 N–H and O–H groups in total.